The highest BCUT2D eigenvalue weighted by atomic mass is 18.2. The number of piperazine rings is 1. The Hall–Kier alpha value is -2.51. The van der Waals surface area contributed by atoms with Crippen LogP contribution in [-0.2, 0) is 6.42 Å². The Morgan fingerprint density at radius 1 is 1.10 bits per heavy atom. The molecular formula is C24H32FN3O3. The van der Waals surface area contributed by atoms with Gasteiger partial charge in [0.25, 0.3) is 0 Å². The second-order valence-electron chi connectivity index (χ2n) is 8.13. The summed E-state index contributed by atoms with van der Waals surface area (Å²) >= 11 is 0. The predicted octanol–water partition coefficient (Wildman–Crippen LogP) is 2.85. The molecule has 168 valence electrons. The van der Waals surface area contributed by atoms with E-state index in [0.717, 1.165) is 64.4 Å². The van der Waals surface area contributed by atoms with Crippen molar-refractivity contribution in [1.82, 2.24) is 10.2 Å². The first-order valence-corrected chi connectivity index (χ1v) is 11.2. The number of rotatable bonds is 9. The summed E-state index contributed by atoms with van der Waals surface area (Å²) < 4.78 is 23.5. The van der Waals surface area contributed by atoms with Gasteiger partial charge in [-0.2, -0.15) is 0 Å². The van der Waals surface area contributed by atoms with E-state index in [9.17, 15) is 9.50 Å². The highest BCUT2D eigenvalue weighted by molar-refractivity contribution is 5.49. The Morgan fingerprint density at radius 2 is 1.90 bits per heavy atom. The average molecular weight is 429 g/mol. The first-order valence-electron chi connectivity index (χ1n) is 11.2. The van der Waals surface area contributed by atoms with Gasteiger partial charge in [-0.3, -0.25) is 4.90 Å². The Kier molecular flexibility index (Phi) is 7.48. The summed E-state index contributed by atoms with van der Waals surface area (Å²) in [5.74, 6) is 1.79. The zero-order valence-electron chi connectivity index (χ0n) is 17.9. The van der Waals surface area contributed by atoms with Crippen molar-refractivity contribution in [3.8, 4) is 17.2 Å². The second-order valence-corrected chi connectivity index (χ2v) is 8.13. The number of nitrogens with zero attached hydrogens (tertiary/aromatic N) is 2. The second kappa shape index (κ2) is 10.7. The quantitative estimate of drug-likeness (QED) is 0.599. The van der Waals surface area contributed by atoms with E-state index in [1.807, 2.05) is 30.3 Å². The van der Waals surface area contributed by atoms with Gasteiger partial charge in [0.1, 0.15) is 36.6 Å². The molecule has 0 unspecified atom stereocenters. The van der Waals surface area contributed by atoms with Gasteiger partial charge in [0, 0.05) is 57.6 Å². The molecule has 2 aliphatic rings. The maximum absolute atomic E-state index is 12.2. The van der Waals surface area contributed by atoms with Gasteiger partial charge >= 0.3 is 0 Å². The van der Waals surface area contributed by atoms with Crippen LogP contribution in [0.2, 0.25) is 0 Å². The molecule has 1 fully saturated rings. The number of alkyl halides is 1. The molecule has 2 aromatic carbocycles. The van der Waals surface area contributed by atoms with Crippen LogP contribution in [0.5, 0.6) is 17.2 Å². The number of fused-ring (bicyclic) bond motifs is 1. The molecule has 0 amide bonds. The number of phenols is 1. The maximum atomic E-state index is 12.2. The van der Waals surface area contributed by atoms with Crippen LogP contribution in [0.25, 0.3) is 0 Å². The van der Waals surface area contributed by atoms with Crippen LogP contribution < -0.4 is 19.7 Å². The van der Waals surface area contributed by atoms with E-state index in [4.69, 9.17) is 9.47 Å². The van der Waals surface area contributed by atoms with Gasteiger partial charge < -0.3 is 24.8 Å². The molecule has 2 heterocycles. The zero-order valence-corrected chi connectivity index (χ0v) is 17.9. The lowest BCUT2D eigenvalue weighted by Gasteiger charge is -2.36. The number of hydrogen-bond donors (Lipinski definition) is 2. The van der Waals surface area contributed by atoms with Gasteiger partial charge in [0.15, 0.2) is 0 Å². The summed E-state index contributed by atoms with van der Waals surface area (Å²) in [4.78, 5) is 4.86. The van der Waals surface area contributed by atoms with Crippen molar-refractivity contribution in [2.75, 3.05) is 64.0 Å². The van der Waals surface area contributed by atoms with Crippen molar-refractivity contribution in [2.24, 2.45) is 0 Å². The molecule has 0 radical (unpaired) electrons. The Bertz CT molecular complexity index is 825. The fourth-order valence-electron chi connectivity index (χ4n) is 4.20. The van der Waals surface area contributed by atoms with E-state index >= 15 is 0 Å². The van der Waals surface area contributed by atoms with Gasteiger partial charge in [-0.25, -0.2) is 4.39 Å². The number of anilines is 1. The van der Waals surface area contributed by atoms with Crippen LogP contribution in [0.4, 0.5) is 10.1 Å². The lowest BCUT2D eigenvalue weighted by atomic mass is 10.0. The van der Waals surface area contributed by atoms with Crippen molar-refractivity contribution >= 4 is 5.69 Å². The molecule has 0 saturated carbocycles. The first kappa shape index (κ1) is 21.7. The summed E-state index contributed by atoms with van der Waals surface area (Å²) in [5.41, 5.74) is 2.36. The molecule has 0 spiro atoms. The topological polar surface area (TPSA) is 57.2 Å². The van der Waals surface area contributed by atoms with Gasteiger partial charge in [-0.1, -0.05) is 6.07 Å². The summed E-state index contributed by atoms with van der Waals surface area (Å²) in [6.07, 6.45) is 2.15. The lowest BCUT2D eigenvalue weighted by Crippen LogP contribution is -2.48. The van der Waals surface area contributed by atoms with Gasteiger partial charge in [-0.05, 0) is 48.7 Å². The molecule has 2 aliphatic heterocycles. The Labute approximate surface area is 183 Å². The largest absolute Gasteiger partial charge is 0.508 e. The number of halogens is 1. The average Bonchev–Trinajstić information content (AvgIpc) is 2.81. The highest BCUT2D eigenvalue weighted by Crippen LogP contribution is 2.30. The minimum Gasteiger partial charge on any atom is -0.508 e. The molecule has 0 aliphatic carbocycles. The van der Waals surface area contributed by atoms with Crippen LogP contribution in [0.1, 0.15) is 12.0 Å². The van der Waals surface area contributed by atoms with E-state index in [0.29, 0.717) is 5.75 Å². The molecule has 7 heteroatoms. The molecule has 1 atom stereocenters. The Balaban J connectivity index is 1.13. The number of phenolic OH excluding ortho intramolecular Hbond substituents is 1. The predicted molar refractivity (Wildman–Crippen MR) is 120 cm³/mol. The summed E-state index contributed by atoms with van der Waals surface area (Å²) in [5, 5.41) is 13.2. The smallest absolute Gasteiger partial charge is 0.126 e. The third kappa shape index (κ3) is 6.02. The van der Waals surface area contributed by atoms with E-state index in [1.54, 1.807) is 12.1 Å². The monoisotopic (exact) mass is 428 g/mol. The van der Waals surface area contributed by atoms with E-state index < -0.39 is 6.67 Å². The van der Waals surface area contributed by atoms with Crippen molar-refractivity contribution < 1.29 is 19.0 Å². The molecule has 1 saturated heterocycles. The van der Waals surface area contributed by atoms with Crippen molar-refractivity contribution in [2.45, 2.75) is 18.9 Å². The zero-order chi connectivity index (χ0) is 21.5. The van der Waals surface area contributed by atoms with E-state index in [1.165, 1.54) is 11.3 Å². The number of hydrogen-bond acceptors (Lipinski definition) is 6. The minimum atomic E-state index is -0.467. The van der Waals surface area contributed by atoms with Crippen LogP contribution in [-0.4, -0.2) is 75.2 Å². The highest BCUT2D eigenvalue weighted by Gasteiger charge is 2.20. The van der Waals surface area contributed by atoms with Crippen LogP contribution >= 0.6 is 0 Å². The third-order valence-corrected chi connectivity index (χ3v) is 5.98. The number of benzene rings is 2. The Morgan fingerprint density at radius 3 is 2.68 bits per heavy atom. The third-order valence-electron chi connectivity index (χ3n) is 5.98. The summed E-state index contributed by atoms with van der Waals surface area (Å²) in [6, 6.07) is 13.3. The molecule has 31 heavy (non-hydrogen) atoms. The number of ether oxygens (including phenoxy) is 2. The minimum absolute atomic E-state index is 0.107. The van der Waals surface area contributed by atoms with E-state index in [-0.39, 0.29) is 18.5 Å². The van der Waals surface area contributed by atoms with Crippen molar-refractivity contribution in [3.63, 3.8) is 0 Å². The number of aromatic hydroxyl groups is 1. The normalized spacial score (nSPS) is 19.0. The standard InChI is InChI=1S/C24H32FN3O3/c25-9-16-30-22-7-3-20(4-8-22)28-14-12-27(13-15-28)11-10-26-18-23-6-2-19-1-5-21(29)17-24(19)31-23/h1,3-5,7-8,17,23,26,29H,2,6,9-16,18H2/t23-/m1/s1/i25-1. The fraction of sp³-hybridized carbons (Fsp3) is 0.500. The molecule has 0 bridgehead atoms. The molecule has 4 rings (SSSR count). The maximum Gasteiger partial charge on any atom is 0.126 e. The van der Waals surface area contributed by atoms with Crippen LogP contribution in [0.3, 0.4) is 0 Å². The molecule has 6 nitrogen and oxygen atoms in total. The number of nitrogens with one attached hydrogen (secondary N) is 1. The van der Waals surface area contributed by atoms with Gasteiger partial charge in [-0.15, -0.1) is 0 Å². The fourth-order valence-corrected chi connectivity index (χ4v) is 4.20. The molecular weight excluding hydrogens is 396 g/mol. The number of aryl methyl sites for hydroxylation is 1. The first-order chi connectivity index (χ1) is 15.2. The summed E-state index contributed by atoms with van der Waals surface area (Å²) in [6.45, 7) is 6.49. The van der Waals surface area contributed by atoms with Crippen LogP contribution in [0.15, 0.2) is 42.5 Å². The van der Waals surface area contributed by atoms with Crippen LogP contribution in [0, 0.1) is 0 Å². The van der Waals surface area contributed by atoms with Crippen molar-refractivity contribution in [1.29, 1.82) is 0 Å². The molecule has 0 aromatic heterocycles. The van der Waals surface area contributed by atoms with Crippen molar-refractivity contribution in [3.05, 3.63) is 48.0 Å². The molecule has 2 N–H and O–H groups in total. The van der Waals surface area contributed by atoms with Gasteiger partial charge in [0.2, 0.25) is 0 Å². The van der Waals surface area contributed by atoms with E-state index in [2.05, 4.69) is 15.1 Å². The summed E-state index contributed by atoms with van der Waals surface area (Å²) in [7, 11) is 0. The molecule has 2 aromatic rings. The lowest BCUT2D eigenvalue weighted by molar-refractivity contribution is 0.167. The van der Waals surface area contributed by atoms with Gasteiger partial charge in [0.05, 0.1) is 0 Å². The SMILES string of the molecule is Oc1ccc2c(c1)O[C@@H](CNCCN1CCN(c3ccc(OCC[18F])cc3)CC1)CC2.